The molecule has 0 aliphatic rings. The first-order valence-corrected chi connectivity index (χ1v) is 6.66. The van der Waals surface area contributed by atoms with Crippen molar-refractivity contribution in [3.05, 3.63) is 58.1 Å². The zero-order valence-corrected chi connectivity index (χ0v) is 11.9. The predicted octanol–water partition coefficient (Wildman–Crippen LogP) is 5.14. The Hall–Kier alpha value is -1.51. The van der Waals surface area contributed by atoms with E-state index in [9.17, 15) is 0 Å². The summed E-state index contributed by atoms with van der Waals surface area (Å²) in [6.07, 6.45) is 1.74. The lowest BCUT2D eigenvalue weighted by molar-refractivity contribution is 0.340. The number of halogens is 2. The van der Waals surface area contributed by atoms with Crippen LogP contribution >= 0.6 is 23.2 Å². The lowest BCUT2D eigenvalue weighted by Crippen LogP contribution is -1.95. The number of nitrogens with zero attached hydrogens (tertiary/aromatic N) is 1. The third kappa shape index (κ3) is 3.98. The molecule has 19 heavy (non-hydrogen) atoms. The summed E-state index contributed by atoms with van der Waals surface area (Å²) in [6, 6.07) is 12.9. The second kappa shape index (κ2) is 6.60. The minimum atomic E-state index is 0.567. The number of hydrogen-bond acceptors (Lipinski definition) is 2. The van der Waals surface area contributed by atoms with Crippen LogP contribution in [0.2, 0.25) is 10.0 Å². The van der Waals surface area contributed by atoms with Crippen molar-refractivity contribution >= 4 is 35.1 Å². The van der Waals surface area contributed by atoms with E-state index in [1.54, 1.807) is 24.4 Å². The van der Waals surface area contributed by atoms with Crippen molar-refractivity contribution in [3.63, 3.8) is 0 Å². The average Bonchev–Trinajstić information content (AvgIpc) is 2.37. The number of hydrogen-bond donors (Lipinski definition) is 0. The van der Waals surface area contributed by atoms with E-state index in [-0.39, 0.29) is 0 Å². The molecule has 2 aromatic rings. The standard InChI is InChI=1S/C15H13Cl2NO/c1-2-19-15-6-4-3-5-11(15)10-18-14-8-12(16)7-13(17)9-14/h3-10H,2H2,1H3. The molecule has 0 fully saturated rings. The topological polar surface area (TPSA) is 21.6 Å². The monoisotopic (exact) mass is 293 g/mol. The van der Waals surface area contributed by atoms with Gasteiger partial charge in [-0.2, -0.15) is 0 Å². The fraction of sp³-hybridized carbons (Fsp3) is 0.133. The van der Waals surface area contributed by atoms with Crippen LogP contribution in [0, 0.1) is 0 Å². The highest BCUT2D eigenvalue weighted by Gasteiger charge is 2.00. The van der Waals surface area contributed by atoms with Gasteiger partial charge in [-0.1, -0.05) is 35.3 Å². The van der Waals surface area contributed by atoms with Crippen molar-refractivity contribution in [2.45, 2.75) is 6.92 Å². The van der Waals surface area contributed by atoms with Crippen LogP contribution in [0.15, 0.2) is 47.5 Å². The Morgan fingerprint density at radius 1 is 1.11 bits per heavy atom. The Morgan fingerprint density at radius 3 is 2.47 bits per heavy atom. The molecule has 2 aromatic carbocycles. The second-order valence-corrected chi connectivity index (χ2v) is 4.73. The molecule has 0 aliphatic carbocycles. The maximum atomic E-state index is 5.93. The summed E-state index contributed by atoms with van der Waals surface area (Å²) in [6.45, 7) is 2.57. The Morgan fingerprint density at radius 2 is 1.79 bits per heavy atom. The number of rotatable bonds is 4. The highest BCUT2D eigenvalue weighted by molar-refractivity contribution is 6.35. The molecule has 4 heteroatoms. The van der Waals surface area contributed by atoms with Gasteiger partial charge in [0.2, 0.25) is 0 Å². The summed E-state index contributed by atoms with van der Waals surface area (Å²) in [4.78, 5) is 4.37. The molecule has 0 radical (unpaired) electrons. The van der Waals surface area contributed by atoms with Gasteiger partial charge in [-0.05, 0) is 37.3 Å². The zero-order chi connectivity index (χ0) is 13.7. The van der Waals surface area contributed by atoms with Gasteiger partial charge >= 0.3 is 0 Å². The van der Waals surface area contributed by atoms with Gasteiger partial charge < -0.3 is 4.74 Å². The average molecular weight is 294 g/mol. The molecule has 0 atom stereocenters. The normalized spacial score (nSPS) is 10.9. The molecule has 0 saturated heterocycles. The Bertz CT molecular complexity index is 576. The van der Waals surface area contributed by atoms with Gasteiger partial charge in [0.05, 0.1) is 12.3 Å². The summed E-state index contributed by atoms with van der Waals surface area (Å²) < 4.78 is 5.53. The van der Waals surface area contributed by atoms with Crippen LogP contribution in [0.4, 0.5) is 5.69 Å². The quantitative estimate of drug-likeness (QED) is 0.715. The van der Waals surface area contributed by atoms with Crippen LogP contribution in [0.3, 0.4) is 0 Å². The number of para-hydroxylation sites is 1. The van der Waals surface area contributed by atoms with Gasteiger partial charge in [0.15, 0.2) is 0 Å². The summed E-state index contributed by atoms with van der Waals surface area (Å²) in [5.41, 5.74) is 1.63. The highest BCUT2D eigenvalue weighted by Crippen LogP contribution is 2.25. The third-order valence-corrected chi connectivity index (χ3v) is 2.86. The summed E-state index contributed by atoms with van der Waals surface area (Å²) in [7, 11) is 0. The van der Waals surface area contributed by atoms with Gasteiger partial charge in [-0.25, -0.2) is 0 Å². The molecule has 0 bridgehead atoms. The smallest absolute Gasteiger partial charge is 0.128 e. The molecule has 0 unspecified atom stereocenters. The van der Waals surface area contributed by atoms with E-state index in [2.05, 4.69) is 4.99 Å². The lowest BCUT2D eigenvalue weighted by atomic mass is 10.2. The van der Waals surface area contributed by atoms with Crippen LogP contribution in [0.1, 0.15) is 12.5 Å². The van der Waals surface area contributed by atoms with Crippen LogP contribution in [0.25, 0.3) is 0 Å². The van der Waals surface area contributed by atoms with E-state index in [4.69, 9.17) is 27.9 Å². The first-order chi connectivity index (χ1) is 9.19. The van der Waals surface area contributed by atoms with Crippen LogP contribution in [0.5, 0.6) is 5.75 Å². The Balaban J connectivity index is 2.27. The van der Waals surface area contributed by atoms with Gasteiger partial charge in [0.25, 0.3) is 0 Å². The van der Waals surface area contributed by atoms with Crippen LogP contribution in [-0.4, -0.2) is 12.8 Å². The van der Waals surface area contributed by atoms with Crippen molar-refractivity contribution in [3.8, 4) is 5.75 Å². The van der Waals surface area contributed by atoms with E-state index in [1.807, 2.05) is 31.2 Å². The van der Waals surface area contributed by atoms with Crippen molar-refractivity contribution in [1.82, 2.24) is 0 Å². The largest absolute Gasteiger partial charge is 0.493 e. The van der Waals surface area contributed by atoms with E-state index in [1.165, 1.54) is 0 Å². The third-order valence-electron chi connectivity index (χ3n) is 2.42. The molecule has 98 valence electrons. The molecule has 2 nitrogen and oxygen atoms in total. The fourth-order valence-corrected chi connectivity index (χ4v) is 2.15. The van der Waals surface area contributed by atoms with Gasteiger partial charge in [-0.3, -0.25) is 4.99 Å². The maximum absolute atomic E-state index is 5.93. The number of benzene rings is 2. The summed E-state index contributed by atoms with van der Waals surface area (Å²) in [5.74, 6) is 0.807. The van der Waals surface area contributed by atoms with E-state index < -0.39 is 0 Å². The summed E-state index contributed by atoms with van der Waals surface area (Å²) in [5, 5.41) is 1.13. The highest BCUT2D eigenvalue weighted by atomic mass is 35.5. The Kier molecular flexibility index (Phi) is 4.83. The molecule has 0 aromatic heterocycles. The first-order valence-electron chi connectivity index (χ1n) is 5.91. The molecular weight excluding hydrogens is 281 g/mol. The van der Waals surface area contributed by atoms with Crippen LogP contribution in [-0.2, 0) is 0 Å². The molecule has 0 saturated carbocycles. The molecular formula is C15H13Cl2NO. The predicted molar refractivity (Wildman–Crippen MR) is 81.3 cm³/mol. The maximum Gasteiger partial charge on any atom is 0.128 e. The first kappa shape index (κ1) is 13.9. The van der Waals surface area contributed by atoms with Gasteiger partial charge in [0, 0.05) is 21.8 Å². The minimum Gasteiger partial charge on any atom is -0.493 e. The van der Waals surface area contributed by atoms with Crippen molar-refractivity contribution in [1.29, 1.82) is 0 Å². The van der Waals surface area contributed by atoms with E-state index in [0.29, 0.717) is 22.3 Å². The molecule has 2 rings (SSSR count). The van der Waals surface area contributed by atoms with E-state index in [0.717, 1.165) is 11.3 Å². The zero-order valence-electron chi connectivity index (χ0n) is 10.4. The molecule has 0 amide bonds. The second-order valence-electron chi connectivity index (χ2n) is 3.86. The minimum absolute atomic E-state index is 0.567. The lowest BCUT2D eigenvalue weighted by Gasteiger charge is -2.05. The Labute approximate surface area is 122 Å². The number of ether oxygens (including phenoxy) is 1. The van der Waals surface area contributed by atoms with Crippen molar-refractivity contribution in [2.75, 3.05) is 6.61 Å². The van der Waals surface area contributed by atoms with Crippen molar-refractivity contribution in [2.24, 2.45) is 4.99 Å². The molecule has 0 heterocycles. The van der Waals surface area contributed by atoms with E-state index >= 15 is 0 Å². The summed E-state index contributed by atoms with van der Waals surface area (Å²) >= 11 is 11.9. The van der Waals surface area contributed by atoms with Crippen LogP contribution < -0.4 is 4.74 Å². The molecule has 0 spiro atoms. The van der Waals surface area contributed by atoms with Gasteiger partial charge in [0.1, 0.15) is 5.75 Å². The fourth-order valence-electron chi connectivity index (χ4n) is 1.63. The molecule has 0 N–H and O–H groups in total. The molecule has 0 aliphatic heterocycles. The van der Waals surface area contributed by atoms with Crippen molar-refractivity contribution < 1.29 is 4.74 Å². The SMILES string of the molecule is CCOc1ccccc1C=Nc1cc(Cl)cc(Cl)c1. The van der Waals surface area contributed by atoms with Gasteiger partial charge in [-0.15, -0.1) is 0 Å². The number of aliphatic imine (C=N–C) groups is 1.